The first-order valence-corrected chi connectivity index (χ1v) is 6.53. The molecule has 0 atom stereocenters. The molecule has 1 fully saturated rings. The predicted octanol–water partition coefficient (Wildman–Crippen LogP) is 2.40. The second kappa shape index (κ2) is 6.54. The standard InChI is InChI=1S/C12H20F4N2O/c1-2-7-18(9-5-3-8(17)4-6-9)11(19)12(15,16)10(13)14/h8-10H,2-7,17H2,1H3. The van der Waals surface area contributed by atoms with Gasteiger partial charge in [0.2, 0.25) is 0 Å². The van der Waals surface area contributed by atoms with E-state index in [2.05, 4.69) is 0 Å². The molecule has 0 saturated heterocycles. The lowest BCUT2D eigenvalue weighted by atomic mass is 9.90. The second-order valence-corrected chi connectivity index (χ2v) is 4.99. The lowest BCUT2D eigenvalue weighted by Gasteiger charge is -2.37. The van der Waals surface area contributed by atoms with Crippen molar-refractivity contribution in [2.45, 2.75) is 63.5 Å². The van der Waals surface area contributed by atoms with Crippen molar-refractivity contribution in [1.82, 2.24) is 4.90 Å². The van der Waals surface area contributed by atoms with E-state index in [0.717, 1.165) is 4.90 Å². The summed E-state index contributed by atoms with van der Waals surface area (Å²) in [7, 11) is 0. The Balaban J connectivity index is 2.79. The quantitative estimate of drug-likeness (QED) is 0.788. The van der Waals surface area contributed by atoms with Crippen molar-refractivity contribution < 1.29 is 22.4 Å². The van der Waals surface area contributed by atoms with E-state index in [9.17, 15) is 22.4 Å². The molecular weight excluding hydrogens is 264 g/mol. The number of halogens is 4. The van der Waals surface area contributed by atoms with Crippen LogP contribution in [0.3, 0.4) is 0 Å². The summed E-state index contributed by atoms with van der Waals surface area (Å²) in [6.45, 7) is 1.79. The summed E-state index contributed by atoms with van der Waals surface area (Å²) in [5.41, 5.74) is 5.71. The van der Waals surface area contributed by atoms with Crippen LogP contribution in [-0.4, -0.2) is 41.8 Å². The number of carbonyl (C=O) groups is 1. The third kappa shape index (κ3) is 3.81. The van der Waals surface area contributed by atoms with E-state index in [4.69, 9.17) is 5.73 Å². The van der Waals surface area contributed by atoms with Crippen LogP contribution in [0.4, 0.5) is 17.6 Å². The van der Waals surface area contributed by atoms with Crippen molar-refractivity contribution in [1.29, 1.82) is 0 Å². The molecule has 1 saturated carbocycles. The number of rotatable bonds is 5. The molecule has 19 heavy (non-hydrogen) atoms. The van der Waals surface area contributed by atoms with Gasteiger partial charge in [-0.3, -0.25) is 4.79 Å². The molecule has 0 aromatic carbocycles. The van der Waals surface area contributed by atoms with E-state index in [-0.39, 0.29) is 12.6 Å². The maximum absolute atomic E-state index is 13.2. The maximum atomic E-state index is 13.2. The van der Waals surface area contributed by atoms with Crippen molar-refractivity contribution in [2.75, 3.05) is 6.54 Å². The number of hydrogen-bond acceptors (Lipinski definition) is 2. The van der Waals surface area contributed by atoms with Crippen LogP contribution in [0.1, 0.15) is 39.0 Å². The van der Waals surface area contributed by atoms with E-state index < -0.39 is 24.3 Å². The van der Waals surface area contributed by atoms with Gasteiger partial charge >= 0.3 is 12.3 Å². The van der Waals surface area contributed by atoms with Gasteiger partial charge in [0, 0.05) is 18.6 Å². The monoisotopic (exact) mass is 284 g/mol. The second-order valence-electron chi connectivity index (χ2n) is 4.99. The molecule has 112 valence electrons. The van der Waals surface area contributed by atoms with E-state index in [1.54, 1.807) is 6.92 Å². The highest BCUT2D eigenvalue weighted by atomic mass is 19.3. The van der Waals surface area contributed by atoms with Gasteiger partial charge in [-0.05, 0) is 32.1 Å². The summed E-state index contributed by atoms with van der Waals surface area (Å²) in [5.74, 6) is -6.36. The zero-order valence-electron chi connectivity index (χ0n) is 10.9. The smallest absolute Gasteiger partial charge is 0.334 e. The van der Waals surface area contributed by atoms with E-state index in [1.165, 1.54) is 0 Å². The van der Waals surface area contributed by atoms with Crippen LogP contribution >= 0.6 is 0 Å². The first-order chi connectivity index (χ1) is 8.80. The minimum absolute atomic E-state index is 0.00503. The zero-order chi connectivity index (χ0) is 14.6. The number of nitrogens with zero attached hydrogens (tertiary/aromatic N) is 1. The molecule has 0 radical (unpaired) electrons. The lowest BCUT2D eigenvalue weighted by Crippen LogP contribution is -2.53. The minimum atomic E-state index is -4.60. The number of alkyl halides is 4. The Labute approximate surface area is 110 Å². The molecule has 0 bridgehead atoms. The Bertz CT molecular complexity index is 304. The third-order valence-electron chi connectivity index (χ3n) is 3.47. The summed E-state index contributed by atoms with van der Waals surface area (Å²) in [4.78, 5) is 12.6. The topological polar surface area (TPSA) is 46.3 Å². The number of nitrogens with two attached hydrogens (primary N) is 1. The summed E-state index contributed by atoms with van der Waals surface area (Å²) in [6, 6.07) is -0.401. The highest BCUT2D eigenvalue weighted by Gasteiger charge is 2.52. The van der Waals surface area contributed by atoms with Gasteiger partial charge in [0.15, 0.2) is 0 Å². The van der Waals surface area contributed by atoms with Crippen molar-refractivity contribution in [3.05, 3.63) is 0 Å². The molecule has 1 aliphatic carbocycles. The number of amides is 1. The molecule has 1 rings (SSSR count). The molecule has 2 N–H and O–H groups in total. The van der Waals surface area contributed by atoms with Crippen LogP contribution in [0.15, 0.2) is 0 Å². The molecule has 0 aromatic rings. The van der Waals surface area contributed by atoms with Crippen LogP contribution in [0, 0.1) is 0 Å². The normalized spacial score (nSPS) is 24.6. The van der Waals surface area contributed by atoms with Gasteiger partial charge in [0.25, 0.3) is 5.91 Å². The maximum Gasteiger partial charge on any atom is 0.383 e. The first-order valence-electron chi connectivity index (χ1n) is 6.53. The highest BCUT2D eigenvalue weighted by Crippen LogP contribution is 2.30. The largest absolute Gasteiger partial charge is 0.383 e. The van der Waals surface area contributed by atoms with Crippen LogP contribution in [0.2, 0.25) is 0 Å². The summed E-state index contributed by atoms with van der Waals surface area (Å²) in [5, 5.41) is 0. The number of hydrogen-bond donors (Lipinski definition) is 1. The Hall–Kier alpha value is -0.850. The summed E-state index contributed by atoms with van der Waals surface area (Å²) >= 11 is 0. The average molecular weight is 284 g/mol. The van der Waals surface area contributed by atoms with Gasteiger partial charge in [0.05, 0.1) is 0 Å². The Morgan fingerprint density at radius 2 is 1.84 bits per heavy atom. The molecule has 3 nitrogen and oxygen atoms in total. The fourth-order valence-corrected chi connectivity index (χ4v) is 2.39. The molecule has 1 amide bonds. The lowest BCUT2D eigenvalue weighted by molar-refractivity contribution is -0.183. The Morgan fingerprint density at radius 1 is 1.32 bits per heavy atom. The Kier molecular flexibility index (Phi) is 5.58. The molecule has 1 aliphatic rings. The summed E-state index contributed by atoms with van der Waals surface area (Å²) < 4.78 is 50.9. The van der Waals surface area contributed by atoms with Gasteiger partial charge in [-0.1, -0.05) is 6.92 Å². The number of carbonyl (C=O) groups excluding carboxylic acids is 1. The first kappa shape index (κ1) is 16.2. The van der Waals surface area contributed by atoms with Gasteiger partial charge in [-0.2, -0.15) is 8.78 Å². The van der Waals surface area contributed by atoms with Gasteiger partial charge in [-0.15, -0.1) is 0 Å². The van der Waals surface area contributed by atoms with Crippen molar-refractivity contribution >= 4 is 5.91 Å². The SMILES string of the molecule is CCCN(C(=O)C(F)(F)C(F)F)C1CCC(N)CC1. The molecule has 0 aromatic heterocycles. The van der Waals surface area contributed by atoms with Crippen molar-refractivity contribution in [3.63, 3.8) is 0 Å². The predicted molar refractivity (Wildman–Crippen MR) is 63.2 cm³/mol. The average Bonchev–Trinajstić information content (AvgIpc) is 2.36. The summed E-state index contributed by atoms with van der Waals surface area (Å²) in [6.07, 6.45) is -1.28. The molecular formula is C12H20F4N2O. The van der Waals surface area contributed by atoms with Gasteiger partial charge in [0.1, 0.15) is 0 Å². The van der Waals surface area contributed by atoms with Crippen LogP contribution in [0.25, 0.3) is 0 Å². The fourth-order valence-electron chi connectivity index (χ4n) is 2.39. The van der Waals surface area contributed by atoms with E-state index in [1.807, 2.05) is 0 Å². The van der Waals surface area contributed by atoms with Crippen LogP contribution < -0.4 is 5.73 Å². The van der Waals surface area contributed by atoms with Crippen molar-refractivity contribution in [2.24, 2.45) is 5.73 Å². The molecule has 0 spiro atoms. The van der Waals surface area contributed by atoms with Crippen molar-refractivity contribution in [3.8, 4) is 0 Å². The zero-order valence-corrected chi connectivity index (χ0v) is 10.9. The van der Waals surface area contributed by atoms with Crippen LogP contribution in [0.5, 0.6) is 0 Å². The van der Waals surface area contributed by atoms with E-state index >= 15 is 0 Å². The molecule has 0 aliphatic heterocycles. The molecule has 7 heteroatoms. The van der Waals surface area contributed by atoms with Gasteiger partial charge < -0.3 is 10.6 Å². The molecule has 0 heterocycles. The van der Waals surface area contributed by atoms with Crippen LogP contribution in [-0.2, 0) is 4.79 Å². The molecule has 0 unspecified atom stereocenters. The van der Waals surface area contributed by atoms with Gasteiger partial charge in [-0.25, -0.2) is 8.78 Å². The Morgan fingerprint density at radius 3 is 2.26 bits per heavy atom. The fraction of sp³-hybridized carbons (Fsp3) is 0.917. The minimum Gasteiger partial charge on any atom is -0.334 e. The third-order valence-corrected chi connectivity index (χ3v) is 3.47. The highest BCUT2D eigenvalue weighted by molar-refractivity contribution is 5.84. The van der Waals surface area contributed by atoms with E-state index in [0.29, 0.717) is 32.1 Å².